The highest BCUT2D eigenvalue weighted by molar-refractivity contribution is 6.31. The average Bonchev–Trinajstić information content (AvgIpc) is 2.75. The van der Waals surface area contributed by atoms with Crippen LogP contribution in [0.3, 0.4) is 0 Å². The molecule has 0 spiro atoms. The molecule has 1 aromatic rings. The van der Waals surface area contributed by atoms with Gasteiger partial charge in [-0.05, 0) is 30.4 Å². The third kappa shape index (κ3) is 2.49. The molecule has 0 radical (unpaired) electrons. The molecule has 3 nitrogen and oxygen atoms in total. The zero-order chi connectivity index (χ0) is 13.4. The van der Waals surface area contributed by atoms with Crippen molar-refractivity contribution in [2.24, 2.45) is 11.8 Å². The SMILES string of the molecule is O=C(CCc1ccccc1Cl)N1C[C@H]2C[C@@H](O)[C@H]2C1. The van der Waals surface area contributed by atoms with Gasteiger partial charge in [-0.2, -0.15) is 0 Å². The van der Waals surface area contributed by atoms with Crippen molar-refractivity contribution in [1.29, 1.82) is 0 Å². The Kier molecular flexibility index (Phi) is 3.50. The highest BCUT2D eigenvalue weighted by Crippen LogP contribution is 2.40. The summed E-state index contributed by atoms with van der Waals surface area (Å²) in [4.78, 5) is 14.1. The fourth-order valence-electron chi connectivity index (χ4n) is 3.18. The molecule has 2 aliphatic rings. The topological polar surface area (TPSA) is 40.5 Å². The average molecular weight is 280 g/mol. The van der Waals surface area contributed by atoms with E-state index >= 15 is 0 Å². The number of carbonyl (C=O) groups excluding carboxylic acids is 1. The lowest BCUT2D eigenvalue weighted by Gasteiger charge is -2.34. The van der Waals surface area contributed by atoms with Gasteiger partial charge in [0.2, 0.25) is 5.91 Å². The van der Waals surface area contributed by atoms with Crippen LogP contribution in [0.1, 0.15) is 18.4 Å². The van der Waals surface area contributed by atoms with Crippen LogP contribution in [0.15, 0.2) is 24.3 Å². The second-order valence-electron chi connectivity index (χ2n) is 5.62. The summed E-state index contributed by atoms with van der Waals surface area (Å²) >= 11 is 6.08. The number of benzene rings is 1. The van der Waals surface area contributed by atoms with E-state index in [1.165, 1.54) is 0 Å². The number of halogens is 1. The van der Waals surface area contributed by atoms with Crippen LogP contribution in [0.2, 0.25) is 5.02 Å². The van der Waals surface area contributed by atoms with Gasteiger partial charge in [-0.1, -0.05) is 29.8 Å². The van der Waals surface area contributed by atoms with Gasteiger partial charge in [-0.25, -0.2) is 0 Å². The first-order valence-electron chi connectivity index (χ1n) is 6.84. The predicted molar refractivity (Wildman–Crippen MR) is 74.0 cm³/mol. The molecule has 0 unspecified atom stereocenters. The number of aliphatic hydroxyl groups is 1. The molecule has 1 aliphatic heterocycles. The van der Waals surface area contributed by atoms with Crippen molar-refractivity contribution in [3.05, 3.63) is 34.9 Å². The monoisotopic (exact) mass is 279 g/mol. The zero-order valence-corrected chi connectivity index (χ0v) is 11.5. The van der Waals surface area contributed by atoms with Gasteiger partial charge >= 0.3 is 0 Å². The Hall–Kier alpha value is -1.06. The number of rotatable bonds is 3. The molecule has 1 aromatic carbocycles. The van der Waals surface area contributed by atoms with E-state index in [0.29, 0.717) is 24.7 Å². The van der Waals surface area contributed by atoms with Gasteiger partial charge in [-0.15, -0.1) is 0 Å². The Morgan fingerprint density at radius 1 is 1.37 bits per heavy atom. The zero-order valence-electron chi connectivity index (χ0n) is 10.8. The second kappa shape index (κ2) is 5.14. The van der Waals surface area contributed by atoms with E-state index in [0.717, 1.165) is 30.1 Å². The van der Waals surface area contributed by atoms with Gasteiger partial charge in [0, 0.05) is 30.5 Å². The maximum atomic E-state index is 12.2. The molecule has 102 valence electrons. The standard InChI is InChI=1S/C15H18ClNO2/c16-13-4-2-1-3-10(13)5-6-15(19)17-8-11-7-14(18)12(11)9-17/h1-4,11-12,14,18H,5-9H2/t11-,12+,14-/m1/s1. The minimum atomic E-state index is -0.189. The Morgan fingerprint density at radius 2 is 2.16 bits per heavy atom. The van der Waals surface area contributed by atoms with Crippen molar-refractivity contribution >= 4 is 17.5 Å². The maximum Gasteiger partial charge on any atom is 0.222 e. The summed E-state index contributed by atoms with van der Waals surface area (Å²) < 4.78 is 0. The molecule has 2 fully saturated rings. The number of amides is 1. The van der Waals surface area contributed by atoms with Crippen LogP contribution in [0.4, 0.5) is 0 Å². The molecule has 4 heteroatoms. The Morgan fingerprint density at radius 3 is 2.84 bits per heavy atom. The number of nitrogens with zero attached hydrogens (tertiary/aromatic N) is 1. The highest BCUT2D eigenvalue weighted by atomic mass is 35.5. The summed E-state index contributed by atoms with van der Waals surface area (Å²) in [5.41, 5.74) is 1.03. The highest BCUT2D eigenvalue weighted by Gasteiger charge is 2.47. The molecule has 0 aromatic heterocycles. The van der Waals surface area contributed by atoms with Crippen LogP contribution < -0.4 is 0 Å². The predicted octanol–water partition coefficient (Wildman–Crippen LogP) is 2.11. The van der Waals surface area contributed by atoms with Gasteiger partial charge in [0.1, 0.15) is 0 Å². The van der Waals surface area contributed by atoms with E-state index < -0.39 is 0 Å². The molecule has 19 heavy (non-hydrogen) atoms. The lowest BCUT2D eigenvalue weighted by molar-refractivity contribution is -0.130. The van der Waals surface area contributed by atoms with Crippen molar-refractivity contribution in [1.82, 2.24) is 4.90 Å². The van der Waals surface area contributed by atoms with Gasteiger partial charge in [-0.3, -0.25) is 4.79 Å². The van der Waals surface area contributed by atoms with Gasteiger partial charge in [0.25, 0.3) is 0 Å². The molecular weight excluding hydrogens is 262 g/mol. The molecule has 1 saturated heterocycles. The van der Waals surface area contributed by atoms with Crippen LogP contribution in [-0.4, -0.2) is 35.1 Å². The summed E-state index contributed by atoms with van der Waals surface area (Å²) in [5, 5.41) is 10.3. The van der Waals surface area contributed by atoms with E-state index in [1.807, 2.05) is 29.2 Å². The first-order valence-corrected chi connectivity index (χ1v) is 7.22. The third-order valence-corrected chi connectivity index (χ3v) is 4.82. The largest absolute Gasteiger partial charge is 0.393 e. The first-order chi connectivity index (χ1) is 9.15. The maximum absolute atomic E-state index is 12.2. The summed E-state index contributed by atoms with van der Waals surface area (Å²) in [5.74, 6) is 1.03. The summed E-state index contributed by atoms with van der Waals surface area (Å²) in [6.45, 7) is 1.55. The number of aryl methyl sites for hydroxylation is 1. The van der Waals surface area contributed by atoms with E-state index in [-0.39, 0.29) is 12.0 Å². The van der Waals surface area contributed by atoms with Crippen molar-refractivity contribution in [3.8, 4) is 0 Å². The Labute approximate surface area is 118 Å². The fraction of sp³-hybridized carbons (Fsp3) is 0.533. The fourth-order valence-corrected chi connectivity index (χ4v) is 3.41. The second-order valence-corrected chi connectivity index (χ2v) is 6.02. The number of hydrogen-bond donors (Lipinski definition) is 1. The van der Waals surface area contributed by atoms with Crippen LogP contribution in [0.25, 0.3) is 0 Å². The molecule has 1 saturated carbocycles. The summed E-state index contributed by atoms with van der Waals surface area (Å²) in [7, 11) is 0. The van der Waals surface area contributed by atoms with Crippen molar-refractivity contribution < 1.29 is 9.90 Å². The van der Waals surface area contributed by atoms with Crippen molar-refractivity contribution in [2.45, 2.75) is 25.4 Å². The van der Waals surface area contributed by atoms with Crippen molar-refractivity contribution in [3.63, 3.8) is 0 Å². The third-order valence-electron chi connectivity index (χ3n) is 4.45. The normalized spacial score (nSPS) is 28.9. The number of carbonyl (C=O) groups is 1. The van der Waals surface area contributed by atoms with Crippen molar-refractivity contribution in [2.75, 3.05) is 13.1 Å². The minimum absolute atomic E-state index is 0.182. The lowest BCUT2D eigenvalue weighted by Crippen LogP contribution is -2.39. The Balaban J connectivity index is 1.54. The summed E-state index contributed by atoms with van der Waals surface area (Å²) in [6.07, 6.45) is 1.86. The lowest BCUT2D eigenvalue weighted by atomic mass is 9.74. The Bertz CT molecular complexity index is 491. The number of hydrogen-bond acceptors (Lipinski definition) is 2. The molecule has 1 heterocycles. The summed E-state index contributed by atoms with van der Waals surface area (Å²) in [6, 6.07) is 7.66. The molecular formula is C15H18ClNO2. The molecule has 3 rings (SSSR count). The van der Waals surface area contributed by atoms with Gasteiger partial charge < -0.3 is 10.0 Å². The smallest absolute Gasteiger partial charge is 0.222 e. The van der Waals surface area contributed by atoms with Crippen LogP contribution >= 0.6 is 11.6 Å². The quantitative estimate of drug-likeness (QED) is 0.921. The molecule has 1 amide bonds. The van der Waals surface area contributed by atoms with E-state index in [4.69, 9.17) is 11.6 Å². The number of likely N-dealkylation sites (tertiary alicyclic amines) is 1. The van der Waals surface area contributed by atoms with Crippen LogP contribution in [-0.2, 0) is 11.2 Å². The van der Waals surface area contributed by atoms with Crippen LogP contribution in [0.5, 0.6) is 0 Å². The molecule has 0 bridgehead atoms. The minimum Gasteiger partial charge on any atom is -0.393 e. The van der Waals surface area contributed by atoms with E-state index in [1.54, 1.807) is 0 Å². The number of fused-ring (bicyclic) bond motifs is 1. The molecule has 1 aliphatic carbocycles. The first kappa shape index (κ1) is 12.9. The van der Waals surface area contributed by atoms with Gasteiger partial charge in [0.15, 0.2) is 0 Å². The molecule has 1 N–H and O–H groups in total. The van der Waals surface area contributed by atoms with Crippen LogP contribution in [0, 0.1) is 11.8 Å². The van der Waals surface area contributed by atoms with E-state index in [2.05, 4.69) is 0 Å². The van der Waals surface area contributed by atoms with Gasteiger partial charge in [0.05, 0.1) is 6.10 Å². The van der Waals surface area contributed by atoms with E-state index in [9.17, 15) is 9.90 Å². The molecule has 3 atom stereocenters. The number of aliphatic hydroxyl groups excluding tert-OH is 1.